The summed E-state index contributed by atoms with van der Waals surface area (Å²) in [5.41, 5.74) is 4.15. The molecule has 5 rings (SSSR count). The van der Waals surface area contributed by atoms with Gasteiger partial charge < -0.3 is 19.9 Å². The van der Waals surface area contributed by atoms with E-state index in [2.05, 4.69) is 67.2 Å². The van der Waals surface area contributed by atoms with E-state index in [1.165, 1.54) is 12.5 Å². The third-order valence-corrected chi connectivity index (χ3v) is 7.63. The topological polar surface area (TPSA) is 69.5 Å². The fourth-order valence-corrected chi connectivity index (χ4v) is 5.26. The number of halogens is 2. The summed E-state index contributed by atoms with van der Waals surface area (Å²) in [6.07, 6.45) is 4.31. The highest BCUT2D eigenvalue weighted by Crippen LogP contribution is 2.37. The first kappa shape index (κ1) is 25.0. The molecule has 1 aliphatic heterocycles. The van der Waals surface area contributed by atoms with Crippen LogP contribution >= 0.6 is 0 Å². The molecule has 2 N–H and O–H groups in total. The average molecular weight is 499 g/mol. The second kappa shape index (κ2) is 10.8. The van der Waals surface area contributed by atoms with Gasteiger partial charge in [0.25, 0.3) is 6.43 Å². The number of piperazine rings is 1. The van der Waals surface area contributed by atoms with E-state index in [-0.39, 0.29) is 18.1 Å². The van der Waals surface area contributed by atoms with E-state index in [0.29, 0.717) is 0 Å². The Morgan fingerprint density at radius 1 is 1.06 bits per heavy atom. The summed E-state index contributed by atoms with van der Waals surface area (Å²) >= 11 is 0. The zero-order valence-electron chi connectivity index (χ0n) is 21.1. The summed E-state index contributed by atoms with van der Waals surface area (Å²) in [4.78, 5) is 13.9. The lowest BCUT2D eigenvalue weighted by Crippen LogP contribution is -2.43. The van der Waals surface area contributed by atoms with Crippen LogP contribution in [0.25, 0.3) is 22.2 Å². The summed E-state index contributed by atoms with van der Waals surface area (Å²) in [6.45, 7) is 6.74. The van der Waals surface area contributed by atoms with Crippen molar-refractivity contribution in [3.63, 3.8) is 0 Å². The Bertz CT molecular complexity index is 1150. The minimum absolute atomic E-state index is 0.205. The molecule has 0 unspecified atom stereocenters. The molecular formula is C27H36F2N6O. The van der Waals surface area contributed by atoms with Crippen LogP contribution < -0.4 is 5.32 Å². The summed E-state index contributed by atoms with van der Waals surface area (Å²) in [6, 6.07) is 7.85. The van der Waals surface area contributed by atoms with Crippen LogP contribution in [0.2, 0.25) is 0 Å². The number of benzene rings is 1. The Balaban J connectivity index is 1.44. The number of aliphatic hydroxyl groups is 1. The molecule has 0 bridgehead atoms. The normalized spacial score (nSPS) is 22.8. The predicted molar refractivity (Wildman–Crippen MR) is 138 cm³/mol. The molecule has 194 valence electrons. The Kier molecular flexibility index (Phi) is 7.50. The molecule has 9 heteroatoms. The van der Waals surface area contributed by atoms with Crippen LogP contribution in [0.5, 0.6) is 0 Å². The van der Waals surface area contributed by atoms with Crippen molar-refractivity contribution in [1.29, 1.82) is 0 Å². The van der Waals surface area contributed by atoms with Crippen molar-refractivity contribution in [1.82, 2.24) is 24.3 Å². The number of anilines is 1. The number of hydrogen-bond acceptors (Lipinski definition) is 6. The molecule has 0 radical (unpaired) electrons. The number of hydrogen-bond donors (Lipinski definition) is 2. The van der Waals surface area contributed by atoms with Crippen LogP contribution in [-0.2, 0) is 6.54 Å². The number of alkyl halides is 2. The smallest absolute Gasteiger partial charge is 0.258 e. The predicted octanol–water partition coefficient (Wildman–Crippen LogP) is 4.39. The largest absolute Gasteiger partial charge is 0.393 e. The number of nitrogens with one attached hydrogen (secondary N) is 1. The Hall–Kier alpha value is -2.62. The summed E-state index contributed by atoms with van der Waals surface area (Å²) in [5, 5.41) is 13.6. The van der Waals surface area contributed by atoms with E-state index in [1.54, 1.807) is 6.20 Å². The van der Waals surface area contributed by atoms with Crippen molar-refractivity contribution < 1.29 is 13.9 Å². The van der Waals surface area contributed by atoms with Gasteiger partial charge >= 0.3 is 0 Å². The summed E-state index contributed by atoms with van der Waals surface area (Å²) in [5.74, 6) is 0.208. The number of fused-ring (bicyclic) bond motifs is 1. The van der Waals surface area contributed by atoms with Crippen LogP contribution in [-0.4, -0.2) is 81.2 Å². The quantitative estimate of drug-likeness (QED) is 0.504. The van der Waals surface area contributed by atoms with Gasteiger partial charge in [-0.25, -0.2) is 13.8 Å². The molecule has 2 fully saturated rings. The number of likely N-dealkylation sites (N-methyl/N-ethyl adjacent to an activating group) is 1. The summed E-state index contributed by atoms with van der Waals surface area (Å²) < 4.78 is 28.4. The van der Waals surface area contributed by atoms with Crippen molar-refractivity contribution in [3.05, 3.63) is 42.2 Å². The first-order valence-electron chi connectivity index (χ1n) is 13.0. The molecule has 2 aliphatic rings. The zero-order valence-corrected chi connectivity index (χ0v) is 21.1. The lowest BCUT2D eigenvalue weighted by Gasteiger charge is -2.32. The van der Waals surface area contributed by atoms with Crippen LogP contribution in [0.3, 0.4) is 0 Å². The molecule has 3 heterocycles. The van der Waals surface area contributed by atoms with Crippen LogP contribution in [0, 0.1) is 0 Å². The van der Waals surface area contributed by atoms with E-state index >= 15 is 0 Å². The van der Waals surface area contributed by atoms with Gasteiger partial charge in [0.2, 0.25) is 5.95 Å². The molecular weight excluding hydrogens is 462 g/mol. The van der Waals surface area contributed by atoms with Crippen LogP contribution in [0.4, 0.5) is 14.7 Å². The van der Waals surface area contributed by atoms with Crippen LogP contribution in [0.15, 0.2) is 36.7 Å². The lowest BCUT2D eigenvalue weighted by atomic mass is 9.93. The van der Waals surface area contributed by atoms with Crippen LogP contribution in [0.1, 0.15) is 44.2 Å². The second-order valence-electron chi connectivity index (χ2n) is 10.4. The van der Waals surface area contributed by atoms with E-state index in [1.807, 2.05) is 0 Å². The molecule has 1 aromatic carbocycles. The molecule has 1 saturated heterocycles. The molecule has 3 aromatic rings. The number of rotatable bonds is 7. The fraction of sp³-hybridized carbons (Fsp3) is 0.556. The van der Waals surface area contributed by atoms with Crippen molar-refractivity contribution in [2.24, 2.45) is 0 Å². The average Bonchev–Trinajstić information content (AvgIpc) is 3.25. The van der Waals surface area contributed by atoms with E-state index in [4.69, 9.17) is 0 Å². The molecule has 36 heavy (non-hydrogen) atoms. The molecule has 1 saturated carbocycles. The molecule has 1 atom stereocenters. The van der Waals surface area contributed by atoms with Gasteiger partial charge in [0.15, 0.2) is 0 Å². The third kappa shape index (κ3) is 5.53. The lowest BCUT2D eigenvalue weighted by molar-refractivity contribution is 0.111. The zero-order chi connectivity index (χ0) is 25.2. The summed E-state index contributed by atoms with van der Waals surface area (Å²) in [7, 11) is 2.17. The molecule has 1 aliphatic carbocycles. The first-order valence-corrected chi connectivity index (χ1v) is 13.0. The molecule has 0 amide bonds. The van der Waals surface area contributed by atoms with Gasteiger partial charge in [-0.1, -0.05) is 24.3 Å². The number of nitrogens with zero attached hydrogens (tertiary/aromatic N) is 5. The van der Waals surface area contributed by atoms with Gasteiger partial charge in [0.05, 0.1) is 12.1 Å². The molecule has 0 spiro atoms. The van der Waals surface area contributed by atoms with Gasteiger partial charge in [-0.2, -0.15) is 4.98 Å². The maximum Gasteiger partial charge on any atom is 0.258 e. The highest BCUT2D eigenvalue weighted by molar-refractivity contribution is 5.94. The maximum atomic E-state index is 13.1. The van der Waals surface area contributed by atoms with E-state index in [0.717, 1.165) is 80.6 Å². The third-order valence-electron chi connectivity index (χ3n) is 7.63. The molecule has 7 nitrogen and oxygen atoms in total. The fourth-order valence-electron chi connectivity index (χ4n) is 5.26. The first-order chi connectivity index (χ1) is 17.4. The standard InChI is InChI=1S/C27H36F2N6O/c1-18(25(28)29)31-27-30-15-23-24(17-35(26(23)32-27)21-7-9-22(36)10-8-21)20-5-3-19(4-6-20)16-34-13-11-33(2)12-14-34/h3-6,15,17-18,21-22,25,36H,7-14,16H2,1-2H3,(H,30,31,32)/t18-,21?,22?/m0/s1. The minimum atomic E-state index is -2.50. The van der Waals surface area contributed by atoms with Gasteiger partial charge in [0.1, 0.15) is 5.65 Å². The van der Waals surface area contributed by atoms with Crippen molar-refractivity contribution in [2.75, 3.05) is 38.5 Å². The van der Waals surface area contributed by atoms with E-state index < -0.39 is 12.5 Å². The van der Waals surface area contributed by atoms with Gasteiger partial charge in [-0.05, 0) is 50.8 Å². The highest BCUT2D eigenvalue weighted by atomic mass is 19.3. The Labute approximate surface area is 211 Å². The van der Waals surface area contributed by atoms with Crippen molar-refractivity contribution >= 4 is 17.0 Å². The van der Waals surface area contributed by atoms with Gasteiger partial charge in [0, 0.05) is 62.1 Å². The SMILES string of the molecule is C[C@H](Nc1ncc2c(-c3ccc(CN4CCN(C)CC4)cc3)cn(C3CCC(O)CC3)c2n1)C(F)F. The monoisotopic (exact) mass is 498 g/mol. The van der Waals surface area contributed by atoms with Gasteiger partial charge in [-0.3, -0.25) is 4.90 Å². The highest BCUT2D eigenvalue weighted by Gasteiger charge is 2.25. The Morgan fingerprint density at radius 3 is 2.42 bits per heavy atom. The van der Waals surface area contributed by atoms with Gasteiger partial charge in [-0.15, -0.1) is 0 Å². The number of aliphatic hydroxyl groups excluding tert-OH is 1. The Morgan fingerprint density at radius 2 is 1.75 bits per heavy atom. The molecule has 2 aromatic heterocycles. The van der Waals surface area contributed by atoms with Crippen molar-refractivity contribution in [2.45, 2.75) is 63.8 Å². The van der Waals surface area contributed by atoms with Crippen molar-refractivity contribution in [3.8, 4) is 11.1 Å². The number of aromatic nitrogens is 3. The minimum Gasteiger partial charge on any atom is -0.393 e. The maximum absolute atomic E-state index is 13.1. The second-order valence-corrected chi connectivity index (χ2v) is 10.4. The van der Waals surface area contributed by atoms with E-state index in [9.17, 15) is 13.9 Å².